The van der Waals surface area contributed by atoms with Gasteiger partial charge in [0, 0.05) is 23.0 Å². The molecule has 1 aliphatic rings. The molecule has 4 atom stereocenters. The summed E-state index contributed by atoms with van der Waals surface area (Å²) in [4.78, 5) is 21.1. The standard InChI is InChI=1S/C21H21ClFN5O3/c1-11-6-17(20(31)18(11)29)26-21-14(8-24-10-25-21)19(30)16-4-5-28(27-16)9-12-2-3-13(22)7-15(12)23/h2-5,7-8,10-11,17-18,20,29,31H,6,9H2,1H3,(H,24,25,26)/t11-,17-,18-,20+/m1/s1. The highest BCUT2D eigenvalue weighted by molar-refractivity contribution is 6.30. The van der Waals surface area contributed by atoms with E-state index in [1.807, 2.05) is 6.92 Å². The van der Waals surface area contributed by atoms with E-state index in [1.165, 1.54) is 29.3 Å². The number of carbonyl (C=O) groups is 1. The van der Waals surface area contributed by atoms with Gasteiger partial charge in [-0.15, -0.1) is 0 Å². The van der Waals surface area contributed by atoms with E-state index in [0.717, 1.165) is 0 Å². The average Bonchev–Trinajstić information content (AvgIpc) is 3.31. The highest BCUT2D eigenvalue weighted by Gasteiger charge is 2.39. The third-order valence-electron chi connectivity index (χ3n) is 5.47. The molecule has 10 heteroatoms. The highest BCUT2D eigenvalue weighted by Crippen LogP contribution is 2.29. The lowest BCUT2D eigenvalue weighted by molar-refractivity contribution is 0.0210. The minimum atomic E-state index is -0.971. The van der Waals surface area contributed by atoms with Crippen molar-refractivity contribution < 1.29 is 19.4 Å². The van der Waals surface area contributed by atoms with Gasteiger partial charge in [-0.1, -0.05) is 24.6 Å². The second-order valence-electron chi connectivity index (χ2n) is 7.69. The zero-order valence-corrected chi connectivity index (χ0v) is 17.4. The summed E-state index contributed by atoms with van der Waals surface area (Å²) in [5.74, 6) is -0.703. The maximum atomic E-state index is 14.0. The van der Waals surface area contributed by atoms with Gasteiger partial charge in [-0.25, -0.2) is 14.4 Å². The summed E-state index contributed by atoms with van der Waals surface area (Å²) in [5.41, 5.74) is 0.721. The third-order valence-corrected chi connectivity index (χ3v) is 5.71. The second-order valence-corrected chi connectivity index (χ2v) is 8.13. The first-order chi connectivity index (χ1) is 14.8. The predicted molar refractivity (Wildman–Crippen MR) is 111 cm³/mol. The van der Waals surface area contributed by atoms with E-state index >= 15 is 0 Å². The van der Waals surface area contributed by atoms with Crippen molar-refractivity contribution in [2.24, 2.45) is 5.92 Å². The van der Waals surface area contributed by atoms with Crippen molar-refractivity contribution in [2.75, 3.05) is 5.32 Å². The summed E-state index contributed by atoms with van der Waals surface area (Å²) in [6, 6.07) is 5.46. The lowest BCUT2D eigenvalue weighted by Crippen LogP contribution is -2.35. The SMILES string of the molecule is C[C@@H]1C[C@@H](Nc2ncncc2C(=O)c2ccn(Cc3ccc(Cl)cc3F)n2)[C@H](O)[C@@H]1O. The predicted octanol–water partition coefficient (Wildman–Crippen LogP) is 2.29. The number of aliphatic hydroxyl groups excluding tert-OH is 2. The van der Waals surface area contributed by atoms with E-state index in [0.29, 0.717) is 17.0 Å². The largest absolute Gasteiger partial charge is 0.390 e. The Hall–Kier alpha value is -2.88. The number of ketones is 1. The Morgan fingerprint density at radius 2 is 2.13 bits per heavy atom. The maximum absolute atomic E-state index is 14.0. The molecule has 1 saturated carbocycles. The van der Waals surface area contributed by atoms with Gasteiger partial charge in [-0.3, -0.25) is 9.48 Å². The van der Waals surface area contributed by atoms with Crippen LogP contribution in [0.1, 0.15) is 35.0 Å². The van der Waals surface area contributed by atoms with Gasteiger partial charge in [0.2, 0.25) is 5.78 Å². The Labute approximate surface area is 182 Å². The van der Waals surface area contributed by atoms with Crippen LogP contribution in [0, 0.1) is 11.7 Å². The molecule has 0 saturated heterocycles. The Morgan fingerprint density at radius 1 is 1.32 bits per heavy atom. The number of halogens is 2. The smallest absolute Gasteiger partial charge is 0.218 e. The number of nitrogens with zero attached hydrogens (tertiary/aromatic N) is 4. The van der Waals surface area contributed by atoms with Gasteiger partial charge in [-0.05, 0) is 30.5 Å². The fraction of sp³-hybridized carbons (Fsp3) is 0.333. The first kappa shape index (κ1) is 21.4. The van der Waals surface area contributed by atoms with Crippen LogP contribution in [0.25, 0.3) is 0 Å². The highest BCUT2D eigenvalue weighted by atomic mass is 35.5. The number of rotatable bonds is 6. The van der Waals surface area contributed by atoms with E-state index in [4.69, 9.17) is 11.6 Å². The zero-order valence-electron chi connectivity index (χ0n) is 16.6. The van der Waals surface area contributed by atoms with Gasteiger partial charge in [0.15, 0.2) is 0 Å². The lowest BCUT2D eigenvalue weighted by atomic mass is 10.1. The summed E-state index contributed by atoms with van der Waals surface area (Å²) < 4.78 is 15.5. The molecular weight excluding hydrogens is 425 g/mol. The number of carbonyl (C=O) groups excluding carboxylic acids is 1. The minimum absolute atomic E-state index is 0.0857. The number of hydrogen-bond acceptors (Lipinski definition) is 7. The molecule has 3 aromatic rings. The summed E-state index contributed by atoms with van der Waals surface area (Å²) in [5, 5.41) is 27.8. The fourth-order valence-electron chi connectivity index (χ4n) is 3.72. The van der Waals surface area contributed by atoms with Crippen LogP contribution in [0.2, 0.25) is 5.02 Å². The molecule has 2 heterocycles. The summed E-state index contributed by atoms with van der Waals surface area (Å²) in [6.07, 6.45) is 2.96. The molecule has 2 aromatic heterocycles. The Balaban J connectivity index is 1.53. The van der Waals surface area contributed by atoms with Gasteiger partial charge >= 0.3 is 0 Å². The first-order valence-electron chi connectivity index (χ1n) is 9.78. The summed E-state index contributed by atoms with van der Waals surface area (Å²) in [7, 11) is 0. The monoisotopic (exact) mass is 445 g/mol. The van der Waals surface area contributed by atoms with Crippen molar-refractivity contribution in [3.05, 3.63) is 70.6 Å². The van der Waals surface area contributed by atoms with E-state index in [1.54, 1.807) is 18.3 Å². The Bertz CT molecular complexity index is 1110. The lowest BCUT2D eigenvalue weighted by Gasteiger charge is -2.19. The minimum Gasteiger partial charge on any atom is -0.390 e. The van der Waals surface area contributed by atoms with Gasteiger partial charge < -0.3 is 15.5 Å². The van der Waals surface area contributed by atoms with E-state index in [9.17, 15) is 19.4 Å². The normalized spacial score (nSPS) is 23.1. The van der Waals surface area contributed by atoms with Crippen LogP contribution in [-0.4, -0.2) is 54.0 Å². The molecule has 0 bridgehead atoms. The van der Waals surface area contributed by atoms with Crippen molar-refractivity contribution in [3.8, 4) is 0 Å². The molecule has 0 aliphatic heterocycles. The van der Waals surface area contributed by atoms with Gasteiger partial charge in [0.25, 0.3) is 0 Å². The Morgan fingerprint density at radius 3 is 2.84 bits per heavy atom. The van der Waals surface area contributed by atoms with Crippen molar-refractivity contribution in [1.82, 2.24) is 19.7 Å². The zero-order chi connectivity index (χ0) is 22.1. The number of hydrogen-bond donors (Lipinski definition) is 3. The Kier molecular flexibility index (Phi) is 5.99. The van der Waals surface area contributed by atoms with Crippen molar-refractivity contribution >= 4 is 23.2 Å². The van der Waals surface area contributed by atoms with Gasteiger partial charge in [-0.2, -0.15) is 5.10 Å². The van der Waals surface area contributed by atoms with E-state index < -0.39 is 29.9 Å². The number of aliphatic hydroxyl groups is 2. The summed E-state index contributed by atoms with van der Waals surface area (Å²) in [6.45, 7) is 1.98. The molecule has 0 amide bonds. The molecule has 8 nitrogen and oxygen atoms in total. The summed E-state index contributed by atoms with van der Waals surface area (Å²) >= 11 is 5.78. The van der Waals surface area contributed by atoms with Crippen LogP contribution in [0.3, 0.4) is 0 Å². The molecule has 0 spiro atoms. The average molecular weight is 446 g/mol. The molecule has 1 aromatic carbocycles. The molecule has 31 heavy (non-hydrogen) atoms. The molecular formula is C21H21ClFN5O3. The van der Waals surface area contributed by atoms with Gasteiger partial charge in [0.1, 0.15) is 29.8 Å². The van der Waals surface area contributed by atoms with Crippen LogP contribution in [-0.2, 0) is 6.54 Å². The molecule has 162 valence electrons. The molecule has 0 unspecified atom stereocenters. The third kappa shape index (κ3) is 4.43. The quantitative estimate of drug-likeness (QED) is 0.499. The van der Waals surface area contributed by atoms with Crippen LogP contribution < -0.4 is 5.32 Å². The molecule has 0 radical (unpaired) electrons. The van der Waals surface area contributed by atoms with E-state index in [-0.39, 0.29) is 29.5 Å². The van der Waals surface area contributed by atoms with Crippen molar-refractivity contribution in [1.29, 1.82) is 0 Å². The first-order valence-corrected chi connectivity index (χ1v) is 10.2. The molecule has 3 N–H and O–H groups in total. The van der Waals surface area contributed by atoms with Crippen LogP contribution in [0.5, 0.6) is 0 Å². The molecule has 1 fully saturated rings. The number of aromatic nitrogens is 4. The topological polar surface area (TPSA) is 113 Å². The fourth-order valence-corrected chi connectivity index (χ4v) is 3.88. The van der Waals surface area contributed by atoms with Crippen LogP contribution in [0.15, 0.2) is 43.0 Å². The number of anilines is 1. The van der Waals surface area contributed by atoms with E-state index in [2.05, 4.69) is 20.4 Å². The van der Waals surface area contributed by atoms with Gasteiger partial charge in [0.05, 0.1) is 24.3 Å². The molecule has 4 rings (SSSR count). The number of nitrogens with one attached hydrogen (secondary N) is 1. The van der Waals surface area contributed by atoms with Crippen LogP contribution >= 0.6 is 11.6 Å². The second kappa shape index (κ2) is 8.70. The van der Waals surface area contributed by atoms with Crippen molar-refractivity contribution in [2.45, 2.75) is 38.1 Å². The molecule has 1 aliphatic carbocycles. The maximum Gasteiger partial charge on any atom is 0.218 e. The van der Waals surface area contributed by atoms with Crippen LogP contribution in [0.4, 0.5) is 10.2 Å². The number of benzene rings is 1. The van der Waals surface area contributed by atoms with Crippen molar-refractivity contribution in [3.63, 3.8) is 0 Å².